The summed E-state index contributed by atoms with van der Waals surface area (Å²) in [6.45, 7) is 11.0. The van der Waals surface area contributed by atoms with Crippen LogP contribution in [0.2, 0.25) is 0 Å². The average molecular weight is 253 g/mol. The van der Waals surface area contributed by atoms with E-state index in [-0.39, 0.29) is 0 Å². The van der Waals surface area contributed by atoms with E-state index in [1.54, 1.807) is 0 Å². The van der Waals surface area contributed by atoms with Crippen molar-refractivity contribution in [1.82, 2.24) is 15.1 Å². The van der Waals surface area contributed by atoms with Crippen LogP contribution in [0.1, 0.15) is 39.5 Å². The Morgan fingerprint density at radius 1 is 1.06 bits per heavy atom. The number of nitrogens with zero attached hydrogens (tertiary/aromatic N) is 2. The van der Waals surface area contributed by atoms with Crippen molar-refractivity contribution in [2.24, 2.45) is 5.92 Å². The topological polar surface area (TPSA) is 18.5 Å². The predicted octanol–water partition coefficient (Wildman–Crippen LogP) is 1.79. The first kappa shape index (κ1) is 14.3. The lowest BCUT2D eigenvalue weighted by Crippen LogP contribution is -2.47. The van der Waals surface area contributed by atoms with Crippen LogP contribution in [-0.4, -0.2) is 61.7 Å². The van der Waals surface area contributed by atoms with Gasteiger partial charge in [0.1, 0.15) is 0 Å². The molecule has 0 spiro atoms. The molecule has 3 heteroatoms. The molecule has 1 N–H and O–H groups in total. The minimum absolute atomic E-state index is 0.743. The molecule has 0 saturated carbocycles. The number of hydrogen-bond donors (Lipinski definition) is 1. The molecule has 18 heavy (non-hydrogen) atoms. The van der Waals surface area contributed by atoms with Gasteiger partial charge in [-0.3, -0.25) is 0 Å². The summed E-state index contributed by atoms with van der Waals surface area (Å²) in [7, 11) is 2.25. The van der Waals surface area contributed by atoms with Gasteiger partial charge in [0.05, 0.1) is 0 Å². The molecule has 0 aliphatic carbocycles. The molecule has 0 aromatic heterocycles. The molecule has 2 rings (SSSR count). The Hall–Kier alpha value is -0.120. The first-order valence-electron chi connectivity index (χ1n) is 7.81. The van der Waals surface area contributed by atoms with Crippen molar-refractivity contribution < 1.29 is 0 Å². The lowest BCUT2D eigenvalue weighted by Gasteiger charge is -2.36. The van der Waals surface area contributed by atoms with Gasteiger partial charge in [-0.1, -0.05) is 6.92 Å². The molecular formula is C15H31N3. The maximum atomic E-state index is 3.76. The largest absolute Gasteiger partial charge is 0.313 e. The average Bonchev–Trinajstić information content (AvgIpc) is 2.36. The van der Waals surface area contributed by atoms with E-state index in [9.17, 15) is 0 Å². The molecule has 2 atom stereocenters. The van der Waals surface area contributed by atoms with Gasteiger partial charge in [0.2, 0.25) is 0 Å². The quantitative estimate of drug-likeness (QED) is 0.824. The highest BCUT2D eigenvalue weighted by Crippen LogP contribution is 2.16. The van der Waals surface area contributed by atoms with E-state index in [1.165, 1.54) is 58.4 Å². The summed E-state index contributed by atoms with van der Waals surface area (Å²) < 4.78 is 0. The molecule has 2 aliphatic rings. The Balaban J connectivity index is 1.58. The number of piperidine rings is 2. The molecule has 106 valence electrons. The molecule has 0 amide bonds. The van der Waals surface area contributed by atoms with Crippen molar-refractivity contribution in [3.05, 3.63) is 0 Å². The fourth-order valence-electron chi connectivity index (χ4n) is 3.19. The summed E-state index contributed by atoms with van der Waals surface area (Å²) in [6.07, 6.45) is 5.42. The fourth-order valence-corrected chi connectivity index (χ4v) is 3.19. The monoisotopic (exact) mass is 253 g/mol. The molecule has 0 aromatic carbocycles. The maximum absolute atomic E-state index is 3.76. The molecule has 3 nitrogen and oxygen atoms in total. The van der Waals surface area contributed by atoms with E-state index in [1.807, 2.05) is 0 Å². The summed E-state index contributed by atoms with van der Waals surface area (Å²) in [4.78, 5) is 5.11. The number of hydrogen-bond acceptors (Lipinski definition) is 3. The van der Waals surface area contributed by atoms with Crippen molar-refractivity contribution in [2.45, 2.75) is 51.6 Å². The van der Waals surface area contributed by atoms with Crippen LogP contribution < -0.4 is 5.32 Å². The molecule has 2 heterocycles. The van der Waals surface area contributed by atoms with Gasteiger partial charge >= 0.3 is 0 Å². The van der Waals surface area contributed by atoms with E-state index in [4.69, 9.17) is 0 Å². The van der Waals surface area contributed by atoms with Gasteiger partial charge in [-0.05, 0) is 65.2 Å². The molecule has 0 bridgehead atoms. The zero-order valence-corrected chi connectivity index (χ0v) is 12.5. The van der Waals surface area contributed by atoms with E-state index in [0.29, 0.717) is 0 Å². The first-order chi connectivity index (χ1) is 8.65. The highest BCUT2D eigenvalue weighted by atomic mass is 15.2. The fraction of sp³-hybridized carbons (Fsp3) is 1.00. The van der Waals surface area contributed by atoms with Gasteiger partial charge in [0.25, 0.3) is 0 Å². The molecule has 0 aromatic rings. The van der Waals surface area contributed by atoms with Crippen LogP contribution in [0.3, 0.4) is 0 Å². The van der Waals surface area contributed by atoms with Gasteiger partial charge in [-0.2, -0.15) is 0 Å². The second-order valence-corrected chi connectivity index (χ2v) is 6.53. The second kappa shape index (κ2) is 6.88. The Labute approximate surface area is 113 Å². The highest BCUT2D eigenvalue weighted by Gasteiger charge is 2.22. The summed E-state index contributed by atoms with van der Waals surface area (Å²) in [5, 5.41) is 3.76. The van der Waals surface area contributed by atoms with Gasteiger partial charge in [0.15, 0.2) is 0 Å². The lowest BCUT2D eigenvalue weighted by atomic mass is 9.98. The summed E-state index contributed by atoms with van der Waals surface area (Å²) in [5.41, 5.74) is 0. The molecule has 0 radical (unpaired) electrons. The summed E-state index contributed by atoms with van der Waals surface area (Å²) in [5.74, 6) is 0.948. The van der Waals surface area contributed by atoms with E-state index < -0.39 is 0 Å². The van der Waals surface area contributed by atoms with Crippen LogP contribution in [0.4, 0.5) is 0 Å². The zero-order chi connectivity index (χ0) is 13.0. The highest BCUT2D eigenvalue weighted by molar-refractivity contribution is 4.81. The minimum Gasteiger partial charge on any atom is -0.313 e. The van der Waals surface area contributed by atoms with Crippen molar-refractivity contribution in [1.29, 1.82) is 0 Å². The Kier molecular flexibility index (Phi) is 5.46. The van der Waals surface area contributed by atoms with E-state index in [2.05, 4.69) is 36.0 Å². The summed E-state index contributed by atoms with van der Waals surface area (Å²) in [6, 6.07) is 1.49. The van der Waals surface area contributed by atoms with Crippen LogP contribution in [-0.2, 0) is 0 Å². The third kappa shape index (κ3) is 4.22. The van der Waals surface area contributed by atoms with Gasteiger partial charge < -0.3 is 15.1 Å². The van der Waals surface area contributed by atoms with Crippen LogP contribution in [0.25, 0.3) is 0 Å². The Morgan fingerprint density at radius 3 is 2.44 bits per heavy atom. The molecule has 2 aliphatic heterocycles. The first-order valence-corrected chi connectivity index (χ1v) is 7.81. The Bertz CT molecular complexity index is 236. The lowest BCUT2D eigenvalue weighted by molar-refractivity contribution is 0.158. The van der Waals surface area contributed by atoms with Gasteiger partial charge in [0, 0.05) is 25.2 Å². The van der Waals surface area contributed by atoms with Crippen molar-refractivity contribution in [2.75, 3.05) is 39.8 Å². The Morgan fingerprint density at radius 2 is 1.78 bits per heavy atom. The number of rotatable bonds is 4. The molecule has 2 fully saturated rings. The summed E-state index contributed by atoms with van der Waals surface area (Å²) >= 11 is 0. The third-order valence-electron chi connectivity index (χ3n) is 4.95. The van der Waals surface area contributed by atoms with Crippen molar-refractivity contribution >= 4 is 0 Å². The zero-order valence-electron chi connectivity index (χ0n) is 12.5. The van der Waals surface area contributed by atoms with E-state index in [0.717, 1.165) is 18.0 Å². The third-order valence-corrected chi connectivity index (χ3v) is 4.95. The van der Waals surface area contributed by atoms with Crippen LogP contribution in [0, 0.1) is 5.92 Å². The number of likely N-dealkylation sites (tertiary alicyclic amines) is 2. The standard InChI is InChI=1S/C15H31N3/c1-13-4-9-18(10-5-13)11-7-16-15-6-8-17(3)14(2)12-15/h13-16H,4-12H2,1-3H3. The van der Waals surface area contributed by atoms with Gasteiger partial charge in [-0.15, -0.1) is 0 Å². The normalized spacial score (nSPS) is 32.8. The van der Waals surface area contributed by atoms with Gasteiger partial charge in [-0.25, -0.2) is 0 Å². The number of nitrogens with one attached hydrogen (secondary N) is 1. The maximum Gasteiger partial charge on any atom is 0.0107 e. The van der Waals surface area contributed by atoms with Crippen LogP contribution in [0.15, 0.2) is 0 Å². The van der Waals surface area contributed by atoms with Crippen molar-refractivity contribution in [3.8, 4) is 0 Å². The van der Waals surface area contributed by atoms with Crippen molar-refractivity contribution in [3.63, 3.8) is 0 Å². The SMILES string of the molecule is CC1CCN(CCNC2CCN(C)C(C)C2)CC1. The molecular weight excluding hydrogens is 222 g/mol. The molecule has 2 unspecified atom stereocenters. The predicted molar refractivity (Wildman–Crippen MR) is 78.0 cm³/mol. The molecule has 2 saturated heterocycles. The second-order valence-electron chi connectivity index (χ2n) is 6.53. The van der Waals surface area contributed by atoms with Crippen LogP contribution in [0.5, 0.6) is 0 Å². The van der Waals surface area contributed by atoms with Crippen LogP contribution >= 0.6 is 0 Å². The minimum atomic E-state index is 0.743. The smallest absolute Gasteiger partial charge is 0.0107 e. The van der Waals surface area contributed by atoms with E-state index >= 15 is 0 Å².